The van der Waals surface area contributed by atoms with Gasteiger partial charge in [0.25, 0.3) is 5.91 Å². The van der Waals surface area contributed by atoms with E-state index in [0.717, 1.165) is 16.7 Å². The number of hydrogen-bond acceptors (Lipinski definition) is 4. The highest BCUT2D eigenvalue weighted by Crippen LogP contribution is 2.36. The van der Waals surface area contributed by atoms with Gasteiger partial charge in [0.2, 0.25) is 5.91 Å². The van der Waals surface area contributed by atoms with Crippen LogP contribution in [0.2, 0.25) is 0 Å². The van der Waals surface area contributed by atoms with Crippen molar-refractivity contribution in [3.05, 3.63) is 107 Å². The van der Waals surface area contributed by atoms with Crippen LogP contribution >= 0.6 is 0 Å². The highest BCUT2D eigenvalue weighted by molar-refractivity contribution is 6.11. The van der Waals surface area contributed by atoms with E-state index in [1.165, 1.54) is 12.1 Å². The van der Waals surface area contributed by atoms with Crippen LogP contribution in [0, 0.1) is 5.82 Å². The van der Waals surface area contributed by atoms with Gasteiger partial charge in [-0.3, -0.25) is 9.59 Å². The van der Waals surface area contributed by atoms with Gasteiger partial charge in [0, 0.05) is 35.8 Å². The SMILES string of the molecule is CNC(=O)c1c(-c2ccc(F)cc2)oc2ccc(C3=CCCC(C(=O)NCc4ccccc4N)=C3)cc12. The number of carbonyl (C=O) groups excluding carboxylic acids is 2. The molecule has 0 atom stereocenters. The van der Waals surface area contributed by atoms with Crippen molar-refractivity contribution in [2.24, 2.45) is 0 Å². The van der Waals surface area contributed by atoms with Gasteiger partial charge in [-0.25, -0.2) is 4.39 Å². The molecule has 4 N–H and O–H groups in total. The van der Waals surface area contributed by atoms with Crippen molar-refractivity contribution in [2.75, 3.05) is 12.8 Å². The predicted octanol–water partition coefficient (Wildman–Crippen LogP) is 5.60. The number of nitrogens with two attached hydrogens (primary N) is 1. The van der Waals surface area contributed by atoms with E-state index in [1.807, 2.05) is 48.5 Å². The summed E-state index contributed by atoms with van der Waals surface area (Å²) in [6.45, 7) is 0.352. The number of allylic oxidation sites excluding steroid dienone is 3. The molecule has 1 aliphatic rings. The first-order valence-corrected chi connectivity index (χ1v) is 12.0. The van der Waals surface area contributed by atoms with E-state index in [9.17, 15) is 14.0 Å². The lowest BCUT2D eigenvalue weighted by Crippen LogP contribution is -2.25. The second kappa shape index (κ2) is 10.1. The molecule has 0 bridgehead atoms. The third-order valence-corrected chi connectivity index (χ3v) is 6.48. The summed E-state index contributed by atoms with van der Waals surface area (Å²) in [6, 6.07) is 18.9. The van der Waals surface area contributed by atoms with Gasteiger partial charge in [-0.2, -0.15) is 0 Å². The zero-order valence-electron chi connectivity index (χ0n) is 20.3. The van der Waals surface area contributed by atoms with E-state index in [-0.39, 0.29) is 17.6 Å². The van der Waals surface area contributed by atoms with Crippen LogP contribution in [-0.4, -0.2) is 18.9 Å². The first-order chi connectivity index (χ1) is 17.9. The van der Waals surface area contributed by atoms with Gasteiger partial charge in [-0.15, -0.1) is 0 Å². The van der Waals surface area contributed by atoms with Gasteiger partial charge < -0.3 is 20.8 Å². The average molecular weight is 496 g/mol. The van der Waals surface area contributed by atoms with E-state index in [0.29, 0.717) is 58.5 Å². The summed E-state index contributed by atoms with van der Waals surface area (Å²) in [6.07, 6.45) is 5.31. The highest BCUT2D eigenvalue weighted by Gasteiger charge is 2.23. The minimum atomic E-state index is -0.369. The number of benzene rings is 3. The standard InChI is InChI=1S/C30H26FN3O3/c1-33-30(36)27-24-16-20(11-14-26(24)37-28(27)18-9-12-23(31)13-10-18)19-6-4-7-21(15-19)29(35)34-17-22-5-2-3-8-25(22)32/h2-3,5-6,8-16H,4,7,17,32H2,1H3,(H,33,36)(H,34,35). The number of rotatable bonds is 6. The van der Waals surface area contributed by atoms with Crippen molar-refractivity contribution in [1.29, 1.82) is 0 Å². The smallest absolute Gasteiger partial charge is 0.255 e. The number of furan rings is 1. The molecule has 1 heterocycles. The fourth-order valence-electron chi connectivity index (χ4n) is 4.50. The Balaban J connectivity index is 1.46. The fourth-order valence-corrected chi connectivity index (χ4v) is 4.50. The molecule has 7 heteroatoms. The van der Waals surface area contributed by atoms with E-state index in [4.69, 9.17) is 10.2 Å². The Morgan fingerprint density at radius 1 is 1.00 bits per heavy atom. The van der Waals surface area contributed by atoms with Crippen LogP contribution in [0.3, 0.4) is 0 Å². The molecule has 0 fully saturated rings. The lowest BCUT2D eigenvalue weighted by molar-refractivity contribution is -0.117. The first-order valence-electron chi connectivity index (χ1n) is 12.0. The molecule has 0 radical (unpaired) electrons. The number of nitrogens with one attached hydrogen (secondary N) is 2. The van der Waals surface area contributed by atoms with Crippen LogP contribution in [0.4, 0.5) is 10.1 Å². The molecule has 1 aliphatic carbocycles. The molecule has 0 aliphatic heterocycles. The number of para-hydroxylation sites is 1. The maximum Gasteiger partial charge on any atom is 0.255 e. The highest BCUT2D eigenvalue weighted by atomic mass is 19.1. The number of halogens is 1. The molecule has 4 aromatic rings. The zero-order valence-corrected chi connectivity index (χ0v) is 20.3. The van der Waals surface area contributed by atoms with Crippen LogP contribution in [0.25, 0.3) is 27.9 Å². The lowest BCUT2D eigenvalue weighted by Gasteiger charge is -2.15. The van der Waals surface area contributed by atoms with Crippen LogP contribution < -0.4 is 16.4 Å². The Morgan fingerprint density at radius 2 is 1.76 bits per heavy atom. The molecule has 0 spiro atoms. The fraction of sp³-hybridized carbons (Fsp3) is 0.133. The second-order valence-corrected chi connectivity index (χ2v) is 8.85. The summed E-state index contributed by atoms with van der Waals surface area (Å²) in [7, 11) is 1.56. The van der Waals surface area contributed by atoms with Crippen molar-refractivity contribution < 1.29 is 18.4 Å². The van der Waals surface area contributed by atoms with Crippen LogP contribution in [-0.2, 0) is 11.3 Å². The molecule has 186 valence electrons. The number of hydrogen-bond donors (Lipinski definition) is 3. The van der Waals surface area contributed by atoms with Crippen molar-refractivity contribution in [3.63, 3.8) is 0 Å². The summed E-state index contributed by atoms with van der Waals surface area (Å²) in [4.78, 5) is 25.8. The monoisotopic (exact) mass is 495 g/mol. The molecular weight excluding hydrogens is 469 g/mol. The number of anilines is 1. The van der Waals surface area contributed by atoms with Gasteiger partial charge in [-0.05, 0) is 78.1 Å². The molecule has 6 nitrogen and oxygen atoms in total. The summed E-state index contributed by atoms with van der Waals surface area (Å²) < 4.78 is 19.5. The van der Waals surface area contributed by atoms with Crippen molar-refractivity contribution >= 4 is 34.0 Å². The van der Waals surface area contributed by atoms with Gasteiger partial charge >= 0.3 is 0 Å². The maximum atomic E-state index is 13.5. The summed E-state index contributed by atoms with van der Waals surface area (Å²) in [5.74, 6) is -0.432. The number of carbonyl (C=O) groups is 2. The molecule has 37 heavy (non-hydrogen) atoms. The summed E-state index contributed by atoms with van der Waals surface area (Å²) in [5.41, 5.74) is 11.5. The first kappa shape index (κ1) is 24.1. The third-order valence-electron chi connectivity index (χ3n) is 6.48. The molecule has 0 unspecified atom stereocenters. The number of fused-ring (bicyclic) bond motifs is 1. The van der Waals surface area contributed by atoms with E-state index in [1.54, 1.807) is 19.2 Å². The number of nitrogen functional groups attached to an aromatic ring is 1. The molecular formula is C30H26FN3O3. The Morgan fingerprint density at radius 3 is 2.51 bits per heavy atom. The van der Waals surface area contributed by atoms with E-state index >= 15 is 0 Å². The minimum Gasteiger partial charge on any atom is -0.455 e. The van der Waals surface area contributed by atoms with Gasteiger partial charge in [0.15, 0.2) is 0 Å². The molecule has 5 rings (SSSR count). The maximum absolute atomic E-state index is 13.5. The molecule has 0 saturated carbocycles. The topological polar surface area (TPSA) is 97.4 Å². The van der Waals surface area contributed by atoms with Crippen molar-refractivity contribution in [1.82, 2.24) is 10.6 Å². The van der Waals surface area contributed by atoms with Crippen molar-refractivity contribution in [2.45, 2.75) is 19.4 Å². The van der Waals surface area contributed by atoms with Crippen LogP contribution in [0.1, 0.15) is 34.3 Å². The molecule has 3 aromatic carbocycles. The average Bonchev–Trinajstić information content (AvgIpc) is 3.31. The van der Waals surface area contributed by atoms with E-state index in [2.05, 4.69) is 16.7 Å². The normalized spacial score (nSPS) is 13.1. The van der Waals surface area contributed by atoms with Crippen LogP contribution in [0.5, 0.6) is 0 Å². The summed E-state index contributed by atoms with van der Waals surface area (Å²) in [5, 5.41) is 6.27. The molecule has 1 aromatic heterocycles. The van der Waals surface area contributed by atoms with Crippen molar-refractivity contribution in [3.8, 4) is 11.3 Å². The van der Waals surface area contributed by atoms with Gasteiger partial charge in [-0.1, -0.05) is 30.3 Å². The largest absolute Gasteiger partial charge is 0.455 e. The Labute approximate surface area is 213 Å². The second-order valence-electron chi connectivity index (χ2n) is 8.85. The van der Waals surface area contributed by atoms with Gasteiger partial charge in [0.1, 0.15) is 17.2 Å². The minimum absolute atomic E-state index is 0.136. The van der Waals surface area contributed by atoms with E-state index < -0.39 is 0 Å². The number of amides is 2. The predicted molar refractivity (Wildman–Crippen MR) is 143 cm³/mol. The molecule has 0 saturated heterocycles. The third kappa shape index (κ3) is 4.89. The zero-order chi connectivity index (χ0) is 25.9. The Hall–Kier alpha value is -4.65. The molecule has 2 amide bonds. The van der Waals surface area contributed by atoms with Gasteiger partial charge in [0.05, 0.1) is 5.56 Å². The Kier molecular flexibility index (Phi) is 6.60. The van der Waals surface area contributed by atoms with Crippen LogP contribution in [0.15, 0.2) is 88.9 Å². The quantitative estimate of drug-likeness (QED) is 0.303. The summed E-state index contributed by atoms with van der Waals surface area (Å²) >= 11 is 0. The Bertz CT molecular complexity index is 1560. The lowest BCUT2D eigenvalue weighted by atomic mass is 9.93.